The third-order valence-electron chi connectivity index (χ3n) is 3.94. The molecule has 17 heavy (non-hydrogen) atoms. The second-order valence-electron chi connectivity index (χ2n) is 5.23. The number of piperazine rings is 1. The van der Waals surface area contributed by atoms with Gasteiger partial charge in [0.05, 0.1) is 12.2 Å². The van der Waals surface area contributed by atoms with Crippen molar-refractivity contribution in [1.29, 1.82) is 0 Å². The van der Waals surface area contributed by atoms with E-state index in [1.165, 1.54) is 31.4 Å². The Hall–Kier alpha value is -0.870. The summed E-state index contributed by atoms with van der Waals surface area (Å²) in [5, 5.41) is 7.61. The molecule has 1 saturated heterocycles. The van der Waals surface area contributed by atoms with E-state index in [0.29, 0.717) is 5.92 Å². The fourth-order valence-electron chi connectivity index (χ4n) is 2.91. The lowest BCUT2D eigenvalue weighted by molar-refractivity contribution is 0.207. The van der Waals surface area contributed by atoms with Crippen molar-refractivity contribution < 1.29 is 4.52 Å². The number of aromatic nitrogens is 1. The summed E-state index contributed by atoms with van der Waals surface area (Å²) < 4.78 is 5.47. The van der Waals surface area contributed by atoms with Crippen molar-refractivity contribution in [2.75, 3.05) is 26.2 Å². The first-order valence-electron chi connectivity index (χ1n) is 6.80. The molecule has 0 radical (unpaired) electrons. The lowest BCUT2D eigenvalue weighted by Crippen LogP contribution is -2.42. The monoisotopic (exact) mass is 235 g/mol. The number of hydrogen-bond acceptors (Lipinski definition) is 4. The minimum absolute atomic E-state index is 0.663. The first-order chi connectivity index (χ1) is 8.42. The predicted octanol–water partition coefficient (Wildman–Crippen LogP) is 1.74. The van der Waals surface area contributed by atoms with Crippen molar-refractivity contribution in [2.24, 2.45) is 0 Å². The van der Waals surface area contributed by atoms with Crippen molar-refractivity contribution in [3.8, 4) is 0 Å². The molecule has 1 saturated carbocycles. The fraction of sp³-hybridized carbons (Fsp3) is 0.769. The molecule has 3 rings (SSSR count). The highest BCUT2D eigenvalue weighted by Crippen LogP contribution is 2.33. The highest BCUT2D eigenvalue weighted by molar-refractivity contribution is 5.11. The summed E-state index contributed by atoms with van der Waals surface area (Å²) in [6.45, 7) is 5.31. The molecule has 2 fully saturated rings. The van der Waals surface area contributed by atoms with E-state index in [4.69, 9.17) is 4.52 Å². The Bertz CT molecular complexity index is 351. The smallest absolute Gasteiger partial charge is 0.150 e. The van der Waals surface area contributed by atoms with Gasteiger partial charge >= 0.3 is 0 Å². The van der Waals surface area contributed by atoms with Gasteiger partial charge < -0.3 is 9.84 Å². The normalized spacial score (nSPS) is 23.3. The second kappa shape index (κ2) is 5.19. The molecule has 0 aromatic carbocycles. The first-order valence-corrected chi connectivity index (χ1v) is 6.80. The first kappa shape index (κ1) is 11.2. The van der Waals surface area contributed by atoms with Crippen LogP contribution in [0.1, 0.15) is 43.1 Å². The molecule has 0 bridgehead atoms. The summed E-state index contributed by atoms with van der Waals surface area (Å²) in [5.41, 5.74) is 1.19. The zero-order chi connectivity index (χ0) is 11.5. The molecule has 1 aliphatic carbocycles. The van der Waals surface area contributed by atoms with E-state index < -0.39 is 0 Å². The van der Waals surface area contributed by atoms with Gasteiger partial charge in [-0.25, -0.2) is 0 Å². The molecule has 0 unspecified atom stereocenters. The standard InChI is InChI=1S/C13H21N3O/c1-2-4-11(3-1)13-9-12(17-15-13)10-16-7-5-14-6-8-16/h9,11,14H,1-8,10H2. The minimum Gasteiger partial charge on any atom is -0.360 e. The van der Waals surface area contributed by atoms with Crippen molar-refractivity contribution in [2.45, 2.75) is 38.1 Å². The molecule has 4 nitrogen and oxygen atoms in total. The topological polar surface area (TPSA) is 41.3 Å². The molecule has 4 heteroatoms. The highest BCUT2D eigenvalue weighted by Gasteiger charge is 2.21. The summed E-state index contributed by atoms with van der Waals surface area (Å²) in [4.78, 5) is 2.43. The van der Waals surface area contributed by atoms with Gasteiger partial charge in [-0.05, 0) is 12.8 Å². The Kier molecular flexibility index (Phi) is 3.43. The van der Waals surface area contributed by atoms with Crippen LogP contribution >= 0.6 is 0 Å². The highest BCUT2D eigenvalue weighted by atomic mass is 16.5. The van der Waals surface area contributed by atoms with Crippen molar-refractivity contribution in [3.63, 3.8) is 0 Å². The minimum atomic E-state index is 0.663. The maximum absolute atomic E-state index is 5.47. The Morgan fingerprint density at radius 2 is 2.06 bits per heavy atom. The molecule has 0 atom stereocenters. The lowest BCUT2D eigenvalue weighted by atomic mass is 10.0. The van der Waals surface area contributed by atoms with E-state index in [0.717, 1.165) is 38.5 Å². The van der Waals surface area contributed by atoms with Crippen LogP contribution in [0.25, 0.3) is 0 Å². The van der Waals surface area contributed by atoms with Gasteiger partial charge in [-0.1, -0.05) is 18.0 Å². The van der Waals surface area contributed by atoms with Crippen molar-refractivity contribution in [1.82, 2.24) is 15.4 Å². The maximum Gasteiger partial charge on any atom is 0.150 e. The average molecular weight is 235 g/mol. The summed E-state index contributed by atoms with van der Waals surface area (Å²) in [5.74, 6) is 1.70. The molecule has 0 spiro atoms. The summed E-state index contributed by atoms with van der Waals surface area (Å²) in [6, 6.07) is 2.18. The largest absolute Gasteiger partial charge is 0.360 e. The zero-order valence-corrected chi connectivity index (χ0v) is 10.3. The number of nitrogens with zero attached hydrogens (tertiary/aromatic N) is 2. The van der Waals surface area contributed by atoms with E-state index in [9.17, 15) is 0 Å². The van der Waals surface area contributed by atoms with Crippen LogP contribution in [0.5, 0.6) is 0 Å². The van der Waals surface area contributed by atoms with Crippen LogP contribution in [-0.4, -0.2) is 36.2 Å². The second-order valence-corrected chi connectivity index (χ2v) is 5.23. The SMILES string of the molecule is c1c(C2CCCC2)noc1CN1CCNCC1. The summed E-state index contributed by atoms with van der Waals surface area (Å²) >= 11 is 0. The number of rotatable bonds is 3. The number of nitrogens with one attached hydrogen (secondary N) is 1. The van der Waals surface area contributed by atoms with Gasteiger partial charge in [0, 0.05) is 38.2 Å². The third kappa shape index (κ3) is 2.69. The van der Waals surface area contributed by atoms with Gasteiger partial charge in [0.2, 0.25) is 0 Å². The fourth-order valence-corrected chi connectivity index (χ4v) is 2.91. The van der Waals surface area contributed by atoms with E-state index in [-0.39, 0.29) is 0 Å². The Balaban J connectivity index is 1.59. The van der Waals surface area contributed by atoms with Crippen molar-refractivity contribution in [3.05, 3.63) is 17.5 Å². The van der Waals surface area contributed by atoms with Gasteiger partial charge in [0.15, 0.2) is 5.76 Å². The predicted molar refractivity (Wildman–Crippen MR) is 65.9 cm³/mol. The lowest BCUT2D eigenvalue weighted by Gasteiger charge is -2.25. The molecule has 1 aromatic rings. The molecule has 1 aromatic heterocycles. The third-order valence-corrected chi connectivity index (χ3v) is 3.94. The molecule has 2 aliphatic rings. The van der Waals surface area contributed by atoms with Crippen LogP contribution in [0.3, 0.4) is 0 Å². The molecule has 1 N–H and O–H groups in total. The molecular weight excluding hydrogens is 214 g/mol. The van der Waals surface area contributed by atoms with Gasteiger partial charge in [0.1, 0.15) is 0 Å². The molecular formula is C13H21N3O. The van der Waals surface area contributed by atoms with Crippen molar-refractivity contribution >= 4 is 0 Å². The molecule has 2 heterocycles. The van der Waals surface area contributed by atoms with Crippen LogP contribution in [0.4, 0.5) is 0 Å². The van der Waals surface area contributed by atoms with Gasteiger partial charge in [0.25, 0.3) is 0 Å². The maximum atomic E-state index is 5.47. The van der Waals surface area contributed by atoms with Crippen LogP contribution in [-0.2, 0) is 6.54 Å². The van der Waals surface area contributed by atoms with E-state index >= 15 is 0 Å². The van der Waals surface area contributed by atoms with E-state index in [1.807, 2.05) is 0 Å². The van der Waals surface area contributed by atoms with E-state index in [2.05, 4.69) is 21.4 Å². The Labute approximate surface area is 102 Å². The van der Waals surface area contributed by atoms with Gasteiger partial charge in [-0.3, -0.25) is 4.90 Å². The van der Waals surface area contributed by atoms with Crippen LogP contribution in [0.2, 0.25) is 0 Å². The van der Waals surface area contributed by atoms with Gasteiger partial charge in [-0.2, -0.15) is 0 Å². The summed E-state index contributed by atoms with van der Waals surface area (Å²) in [7, 11) is 0. The van der Waals surface area contributed by atoms with Gasteiger partial charge in [-0.15, -0.1) is 0 Å². The average Bonchev–Trinajstić information content (AvgIpc) is 3.00. The van der Waals surface area contributed by atoms with Crippen LogP contribution in [0, 0.1) is 0 Å². The van der Waals surface area contributed by atoms with Crippen LogP contribution < -0.4 is 5.32 Å². The number of hydrogen-bond donors (Lipinski definition) is 1. The Morgan fingerprint density at radius 1 is 1.29 bits per heavy atom. The Morgan fingerprint density at radius 3 is 2.82 bits per heavy atom. The molecule has 94 valence electrons. The quantitative estimate of drug-likeness (QED) is 0.866. The molecule has 0 amide bonds. The van der Waals surface area contributed by atoms with Crippen LogP contribution in [0.15, 0.2) is 10.6 Å². The van der Waals surface area contributed by atoms with E-state index in [1.54, 1.807) is 0 Å². The molecule has 1 aliphatic heterocycles. The summed E-state index contributed by atoms with van der Waals surface area (Å²) in [6.07, 6.45) is 5.29. The zero-order valence-electron chi connectivity index (χ0n) is 10.3.